The maximum absolute atomic E-state index is 13.4. The highest BCUT2D eigenvalue weighted by Gasteiger charge is 2.19. The first-order valence-corrected chi connectivity index (χ1v) is 17.8. The summed E-state index contributed by atoms with van der Waals surface area (Å²) in [5.74, 6) is 0. The Kier molecular flexibility index (Phi) is 7.26. The molecular formula is C49H32N2O2. The Morgan fingerprint density at radius 3 is 1.60 bits per heavy atom. The Balaban J connectivity index is 1.16. The van der Waals surface area contributed by atoms with Gasteiger partial charge in [0.05, 0.1) is 16.4 Å². The van der Waals surface area contributed by atoms with Gasteiger partial charge in [0.1, 0.15) is 5.58 Å². The SMILES string of the molecule is O=c1oc2ccccc2c2cc3c4ccccc4n(-c4cccc(N(c5ccc(-c6ccccc6)cc5)c5ccc(-c6ccccc6)cc5)c4)c3cc12. The predicted octanol–water partition coefficient (Wildman–Crippen LogP) is 12.8. The molecule has 0 saturated heterocycles. The van der Waals surface area contributed by atoms with Gasteiger partial charge in [-0.2, -0.15) is 0 Å². The fourth-order valence-corrected chi connectivity index (χ4v) is 7.70. The van der Waals surface area contributed by atoms with Gasteiger partial charge < -0.3 is 13.9 Å². The van der Waals surface area contributed by atoms with Crippen molar-refractivity contribution in [3.05, 3.63) is 205 Å². The van der Waals surface area contributed by atoms with E-state index in [9.17, 15) is 4.79 Å². The van der Waals surface area contributed by atoms with Crippen molar-refractivity contribution in [2.24, 2.45) is 0 Å². The molecule has 0 aliphatic carbocycles. The minimum Gasteiger partial charge on any atom is -0.422 e. The van der Waals surface area contributed by atoms with Crippen LogP contribution >= 0.6 is 0 Å². The van der Waals surface area contributed by atoms with Gasteiger partial charge in [0, 0.05) is 44.3 Å². The third-order valence-corrected chi connectivity index (χ3v) is 10.2. The van der Waals surface area contributed by atoms with Crippen molar-refractivity contribution < 1.29 is 4.42 Å². The van der Waals surface area contributed by atoms with Crippen molar-refractivity contribution in [3.8, 4) is 27.9 Å². The van der Waals surface area contributed by atoms with Gasteiger partial charge in [0.25, 0.3) is 0 Å². The predicted molar refractivity (Wildman–Crippen MR) is 220 cm³/mol. The third-order valence-electron chi connectivity index (χ3n) is 10.2. The Bertz CT molecular complexity index is 2920. The number of hydrogen-bond acceptors (Lipinski definition) is 3. The summed E-state index contributed by atoms with van der Waals surface area (Å²) in [4.78, 5) is 15.7. The molecule has 0 spiro atoms. The van der Waals surface area contributed by atoms with E-state index >= 15 is 0 Å². The standard InChI is InChI=1S/C49H32N2O2/c52-49-45-32-47-44(31-43(45)42-19-8-10-21-48(42)53-49)41-18-7-9-20-46(41)51(47)40-17-11-16-39(30-40)50(37-26-22-35(23-27-37)33-12-3-1-4-13-33)38-28-24-36(25-29-38)34-14-5-2-6-15-34/h1-32H. The number of benzene rings is 8. The lowest BCUT2D eigenvalue weighted by Crippen LogP contribution is -2.10. The number of nitrogens with zero attached hydrogens (tertiary/aromatic N) is 2. The van der Waals surface area contributed by atoms with Gasteiger partial charge in [-0.15, -0.1) is 0 Å². The Morgan fingerprint density at radius 2 is 0.943 bits per heavy atom. The van der Waals surface area contributed by atoms with Gasteiger partial charge in [0.15, 0.2) is 0 Å². The highest BCUT2D eigenvalue weighted by molar-refractivity contribution is 6.17. The van der Waals surface area contributed by atoms with Gasteiger partial charge >= 0.3 is 5.63 Å². The van der Waals surface area contributed by atoms with Crippen LogP contribution in [-0.4, -0.2) is 4.57 Å². The van der Waals surface area contributed by atoms with Crippen LogP contribution in [0.4, 0.5) is 17.1 Å². The van der Waals surface area contributed by atoms with Crippen molar-refractivity contribution in [2.45, 2.75) is 0 Å². The molecule has 2 aromatic heterocycles. The number of fused-ring (bicyclic) bond motifs is 6. The summed E-state index contributed by atoms with van der Waals surface area (Å²) in [7, 11) is 0. The lowest BCUT2D eigenvalue weighted by molar-refractivity contribution is 0.570. The van der Waals surface area contributed by atoms with E-state index in [1.807, 2.05) is 42.5 Å². The van der Waals surface area contributed by atoms with Gasteiger partial charge in [-0.25, -0.2) is 4.79 Å². The largest absolute Gasteiger partial charge is 0.422 e. The van der Waals surface area contributed by atoms with Gasteiger partial charge in [-0.1, -0.05) is 127 Å². The summed E-state index contributed by atoms with van der Waals surface area (Å²) in [6, 6.07) is 67.4. The molecule has 0 N–H and O–H groups in total. The van der Waals surface area contributed by atoms with Crippen LogP contribution in [0.1, 0.15) is 0 Å². The van der Waals surface area contributed by atoms with Crippen LogP contribution in [0.15, 0.2) is 203 Å². The third kappa shape index (κ3) is 5.28. The molecule has 53 heavy (non-hydrogen) atoms. The lowest BCUT2D eigenvalue weighted by atomic mass is 10.0. The van der Waals surface area contributed by atoms with Crippen molar-refractivity contribution in [3.63, 3.8) is 0 Å². The average Bonchev–Trinajstić information content (AvgIpc) is 3.55. The highest BCUT2D eigenvalue weighted by atomic mass is 16.4. The summed E-state index contributed by atoms with van der Waals surface area (Å²) >= 11 is 0. The highest BCUT2D eigenvalue weighted by Crippen LogP contribution is 2.40. The molecule has 0 aliphatic heterocycles. The second kappa shape index (κ2) is 12.6. The van der Waals surface area contributed by atoms with Crippen LogP contribution in [0.3, 0.4) is 0 Å². The van der Waals surface area contributed by atoms with E-state index < -0.39 is 0 Å². The van der Waals surface area contributed by atoms with Crippen molar-refractivity contribution in [2.75, 3.05) is 4.90 Å². The van der Waals surface area contributed by atoms with E-state index in [1.165, 1.54) is 11.1 Å². The number of anilines is 3. The molecule has 0 saturated carbocycles. The quantitative estimate of drug-likeness (QED) is 0.130. The molecule has 0 bridgehead atoms. The van der Waals surface area contributed by atoms with Crippen LogP contribution in [0.25, 0.3) is 71.5 Å². The van der Waals surface area contributed by atoms with Crippen LogP contribution in [-0.2, 0) is 0 Å². The van der Waals surface area contributed by atoms with Crippen LogP contribution in [0, 0.1) is 0 Å². The Labute approximate surface area is 306 Å². The Hall–Kier alpha value is -7.17. The molecular weight excluding hydrogens is 649 g/mol. The molecule has 4 nitrogen and oxygen atoms in total. The second-order valence-electron chi connectivity index (χ2n) is 13.3. The van der Waals surface area contributed by atoms with Crippen LogP contribution < -0.4 is 10.5 Å². The van der Waals surface area contributed by atoms with E-state index in [0.717, 1.165) is 66.5 Å². The molecule has 0 amide bonds. The number of hydrogen-bond donors (Lipinski definition) is 0. The van der Waals surface area contributed by atoms with Crippen molar-refractivity contribution >= 4 is 60.6 Å². The summed E-state index contributed by atoms with van der Waals surface area (Å²) in [5, 5.41) is 4.59. The molecule has 10 aromatic rings. The minimum atomic E-state index is -0.338. The maximum atomic E-state index is 13.4. The first-order chi connectivity index (χ1) is 26.2. The molecule has 0 fully saturated rings. The van der Waals surface area contributed by atoms with Crippen molar-refractivity contribution in [1.82, 2.24) is 4.57 Å². The molecule has 2 heterocycles. The van der Waals surface area contributed by atoms with Gasteiger partial charge in [-0.3, -0.25) is 0 Å². The Morgan fingerprint density at radius 1 is 0.377 bits per heavy atom. The van der Waals surface area contributed by atoms with Gasteiger partial charge in [0.2, 0.25) is 0 Å². The average molecular weight is 681 g/mol. The summed E-state index contributed by atoms with van der Waals surface area (Å²) in [6.07, 6.45) is 0. The summed E-state index contributed by atoms with van der Waals surface area (Å²) in [5.41, 5.74) is 11.1. The van der Waals surface area contributed by atoms with E-state index in [1.54, 1.807) is 0 Å². The molecule has 0 unspecified atom stereocenters. The molecule has 8 aromatic carbocycles. The molecule has 10 rings (SSSR count). The molecule has 0 radical (unpaired) electrons. The minimum absolute atomic E-state index is 0.338. The molecule has 0 aliphatic rings. The fourth-order valence-electron chi connectivity index (χ4n) is 7.70. The topological polar surface area (TPSA) is 38.4 Å². The van der Waals surface area contributed by atoms with E-state index in [2.05, 4.69) is 161 Å². The number of para-hydroxylation sites is 2. The number of rotatable bonds is 6. The monoisotopic (exact) mass is 680 g/mol. The zero-order chi connectivity index (χ0) is 35.3. The smallest absolute Gasteiger partial charge is 0.344 e. The van der Waals surface area contributed by atoms with Crippen LogP contribution in [0.5, 0.6) is 0 Å². The first-order valence-electron chi connectivity index (χ1n) is 17.8. The summed E-state index contributed by atoms with van der Waals surface area (Å²) in [6.45, 7) is 0. The molecule has 4 heteroatoms. The molecule has 250 valence electrons. The zero-order valence-electron chi connectivity index (χ0n) is 28.7. The van der Waals surface area contributed by atoms with Crippen molar-refractivity contribution in [1.29, 1.82) is 0 Å². The van der Waals surface area contributed by atoms with E-state index in [4.69, 9.17) is 4.42 Å². The second-order valence-corrected chi connectivity index (χ2v) is 13.3. The lowest BCUT2D eigenvalue weighted by Gasteiger charge is -2.26. The first kappa shape index (κ1) is 30.6. The fraction of sp³-hybridized carbons (Fsp3) is 0. The molecule has 0 atom stereocenters. The van der Waals surface area contributed by atoms with Crippen LogP contribution in [0.2, 0.25) is 0 Å². The zero-order valence-corrected chi connectivity index (χ0v) is 28.7. The van der Waals surface area contributed by atoms with E-state index in [0.29, 0.717) is 11.0 Å². The summed E-state index contributed by atoms with van der Waals surface area (Å²) < 4.78 is 8.06. The maximum Gasteiger partial charge on any atom is 0.344 e. The normalized spacial score (nSPS) is 11.5. The number of aromatic nitrogens is 1. The van der Waals surface area contributed by atoms with Gasteiger partial charge in [-0.05, 0) is 89.0 Å². The van der Waals surface area contributed by atoms with E-state index in [-0.39, 0.29) is 5.63 Å².